The standard InChI is InChI=1S/C8H18O3.2CH4/c1-9-5-3-7-11-8-4-6-10-2;;/h3-8H2,1-2H3;2*1H4. The molecule has 0 aromatic heterocycles. The molecule has 0 aromatic rings. The lowest BCUT2D eigenvalue weighted by Gasteiger charge is -2.02. The number of rotatable bonds is 8. The summed E-state index contributed by atoms with van der Waals surface area (Å²) in [5.41, 5.74) is 0. The summed E-state index contributed by atoms with van der Waals surface area (Å²) in [5, 5.41) is 0. The quantitative estimate of drug-likeness (QED) is 0.555. The van der Waals surface area contributed by atoms with Crippen LogP contribution in [0.5, 0.6) is 0 Å². The minimum absolute atomic E-state index is 0. The predicted molar refractivity (Wildman–Crippen MR) is 57.3 cm³/mol. The van der Waals surface area contributed by atoms with Crippen LogP contribution in [0.15, 0.2) is 0 Å². The van der Waals surface area contributed by atoms with Crippen LogP contribution in [0.1, 0.15) is 27.7 Å². The highest BCUT2D eigenvalue weighted by molar-refractivity contribution is 4.35. The number of ether oxygens (including phenoxy) is 3. The first-order valence-electron chi connectivity index (χ1n) is 3.97. The van der Waals surface area contributed by atoms with Gasteiger partial charge in [0.1, 0.15) is 0 Å². The van der Waals surface area contributed by atoms with Gasteiger partial charge in [0.05, 0.1) is 0 Å². The molecule has 0 fully saturated rings. The molecule has 0 atom stereocenters. The van der Waals surface area contributed by atoms with E-state index >= 15 is 0 Å². The Morgan fingerprint density at radius 2 is 1.08 bits per heavy atom. The van der Waals surface area contributed by atoms with Crippen molar-refractivity contribution in [2.24, 2.45) is 0 Å². The van der Waals surface area contributed by atoms with E-state index in [1.54, 1.807) is 14.2 Å². The third kappa shape index (κ3) is 18.7. The van der Waals surface area contributed by atoms with Crippen LogP contribution >= 0.6 is 0 Å². The van der Waals surface area contributed by atoms with Crippen molar-refractivity contribution in [3.05, 3.63) is 0 Å². The van der Waals surface area contributed by atoms with Gasteiger partial charge < -0.3 is 14.2 Å². The fourth-order valence-corrected chi connectivity index (χ4v) is 0.713. The Bertz CT molecular complexity index is 59.2. The molecule has 0 saturated carbocycles. The van der Waals surface area contributed by atoms with Crippen molar-refractivity contribution < 1.29 is 14.2 Å². The summed E-state index contributed by atoms with van der Waals surface area (Å²) in [4.78, 5) is 0. The molecule has 0 aromatic carbocycles. The Balaban J connectivity index is -0.000000500. The number of methoxy groups -OCH3 is 2. The van der Waals surface area contributed by atoms with Gasteiger partial charge >= 0.3 is 0 Å². The fourth-order valence-electron chi connectivity index (χ4n) is 0.713. The van der Waals surface area contributed by atoms with Gasteiger partial charge in [0.25, 0.3) is 0 Å². The molecule has 0 rings (SSSR count). The molecule has 0 spiro atoms. The zero-order chi connectivity index (χ0) is 8.36. The largest absolute Gasteiger partial charge is 0.385 e. The summed E-state index contributed by atoms with van der Waals surface area (Å²) in [6.45, 7) is 3.14. The summed E-state index contributed by atoms with van der Waals surface area (Å²) < 4.78 is 15.0. The van der Waals surface area contributed by atoms with Crippen LogP contribution in [0, 0.1) is 0 Å². The third-order valence-corrected chi connectivity index (χ3v) is 1.27. The van der Waals surface area contributed by atoms with Gasteiger partial charge in [0.2, 0.25) is 0 Å². The Kier molecular flexibility index (Phi) is 25.5. The van der Waals surface area contributed by atoms with Crippen molar-refractivity contribution in [1.82, 2.24) is 0 Å². The van der Waals surface area contributed by atoms with Gasteiger partial charge in [-0.1, -0.05) is 14.9 Å². The van der Waals surface area contributed by atoms with E-state index in [0.717, 1.165) is 39.3 Å². The molecule has 3 nitrogen and oxygen atoms in total. The fraction of sp³-hybridized carbons (Fsp3) is 1.00. The van der Waals surface area contributed by atoms with Crippen LogP contribution in [0.3, 0.4) is 0 Å². The van der Waals surface area contributed by atoms with Crippen LogP contribution in [0.2, 0.25) is 0 Å². The van der Waals surface area contributed by atoms with Crippen molar-refractivity contribution >= 4 is 0 Å². The van der Waals surface area contributed by atoms with E-state index in [9.17, 15) is 0 Å². The van der Waals surface area contributed by atoms with Crippen LogP contribution in [-0.2, 0) is 14.2 Å². The van der Waals surface area contributed by atoms with Gasteiger partial charge in [-0.25, -0.2) is 0 Å². The molecule has 0 N–H and O–H groups in total. The maximum absolute atomic E-state index is 5.28. The first-order chi connectivity index (χ1) is 5.41. The molecule has 0 bridgehead atoms. The summed E-state index contributed by atoms with van der Waals surface area (Å²) in [6, 6.07) is 0. The average Bonchev–Trinajstić information content (AvgIpc) is 2.03. The molecule has 0 aliphatic rings. The second-order valence-electron chi connectivity index (χ2n) is 2.31. The first kappa shape index (κ1) is 18.6. The van der Waals surface area contributed by atoms with Crippen LogP contribution in [0.25, 0.3) is 0 Å². The summed E-state index contributed by atoms with van der Waals surface area (Å²) in [6.07, 6.45) is 1.95. The summed E-state index contributed by atoms with van der Waals surface area (Å²) >= 11 is 0. The number of hydrogen-bond acceptors (Lipinski definition) is 3. The van der Waals surface area contributed by atoms with Crippen molar-refractivity contribution in [3.63, 3.8) is 0 Å². The van der Waals surface area contributed by atoms with E-state index in [1.165, 1.54) is 0 Å². The van der Waals surface area contributed by atoms with Gasteiger partial charge in [-0.2, -0.15) is 0 Å². The predicted octanol–water partition coefficient (Wildman–Crippen LogP) is 2.35. The molecule has 3 heteroatoms. The third-order valence-electron chi connectivity index (χ3n) is 1.27. The maximum Gasteiger partial charge on any atom is 0.0488 e. The Morgan fingerprint density at radius 1 is 0.692 bits per heavy atom. The van der Waals surface area contributed by atoms with Gasteiger partial charge in [0.15, 0.2) is 0 Å². The molecule has 13 heavy (non-hydrogen) atoms. The normalized spacial score (nSPS) is 8.77. The lowest BCUT2D eigenvalue weighted by molar-refractivity contribution is 0.0845. The van der Waals surface area contributed by atoms with E-state index in [4.69, 9.17) is 14.2 Å². The molecular weight excluding hydrogens is 168 g/mol. The smallest absolute Gasteiger partial charge is 0.0488 e. The molecule has 0 heterocycles. The van der Waals surface area contributed by atoms with Crippen LogP contribution < -0.4 is 0 Å². The van der Waals surface area contributed by atoms with Gasteiger partial charge in [0, 0.05) is 40.6 Å². The van der Waals surface area contributed by atoms with E-state index < -0.39 is 0 Å². The maximum atomic E-state index is 5.28. The lowest BCUT2D eigenvalue weighted by Crippen LogP contribution is -2.02. The van der Waals surface area contributed by atoms with E-state index in [1.807, 2.05) is 0 Å². The molecule has 84 valence electrons. The molecule has 0 aliphatic carbocycles. The van der Waals surface area contributed by atoms with Crippen molar-refractivity contribution in [3.8, 4) is 0 Å². The second-order valence-corrected chi connectivity index (χ2v) is 2.31. The lowest BCUT2D eigenvalue weighted by atomic mass is 10.4. The van der Waals surface area contributed by atoms with Gasteiger partial charge in [-0.05, 0) is 12.8 Å². The van der Waals surface area contributed by atoms with Crippen molar-refractivity contribution in [1.29, 1.82) is 0 Å². The van der Waals surface area contributed by atoms with Gasteiger partial charge in [-0.3, -0.25) is 0 Å². The minimum atomic E-state index is 0. The SMILES string of the molecule is C.C.COCCCOCCCOC. The number of hydrogen-bond donors (Lipinski definition) is 0. The molecule has 0 amide bonds. The highest BCUT2D eigenvalue weighted by Gasteiger charge is 1.88. The highest BCUT2D eigenvalue weighted by atomic mass is 16.5. The highest BCUT2D eigenvalue weighted by Crippen LogP contribution is 1.86. The van der Waals surface area contributed by atoms with Crippen LogP contribution in [-0.4, -0.2) is 40.6 Å². The molecule has 0 aliphatic heterocycles. The monoisotopic (exact) mass is 194 g/mol. The minimum Gasteiger partial charge on any atom is -0.385 e. The molecule has 0 saturated heterocycles. The van der Waals surface area contributed by atoms with Crippen molar-refractivity contribution in [2.45, 2.75) is 27.7 Å². The van der Waals surface area contributed by atoms with Crippen molar-refractivity contribution in [2.75, 3.05) is 40.6 Å². The van der Waals surface area contributed by atoms with E-state index in [2.05, 4.69) is 0 Å². The van der Waals surface area contributed by atoms with Gasteiger partial charge in [-0.15, -0.1) is 0 Å². The topological polar surface area (TPSA) is 27.7 Å². The Hall–Kier alpha value is -0.120. The average molecular weight is 194 g/mol. The Morgan fingerprint density at radius 3 is 1.38 bits per heavy atom. The molecule has 0 radical (unpaired) electrons. The zero-order valence-corrected chi connectivity index (χ0v) is 7.47. The second kappa shape index (κ2) is 17.8. The summed E-state index contributed by atoms with van der Waals surface area (Å²) in [5.74, 6) is 0. The molecule has 0 unspecified atom stereocenters. The summed E-state index contributed by atoms with van der Waals surface area (Å²) in [7, 11) is 3.40. The van der Waals surface area contributed by atoms with E-state index in [0.29, 0.717) is 0 Å². The van der Waals surface area contributed by atoms with E-state index in [-0.39, 0.29) is 14.9 Å². The Labute approximate surface area is 83.4 Å². The zero-order valence-electron chi connectivity index (χ0n) is 7.47. The van der Waals surface area contributed by atoms with Crippen LogP contribution in [0.4, 0.5) is 0 Å². The first-order valence-corrected chi connectivity index (χ1v) is 3.97. The molecular formula is C10H26O3.